The molecular formula is C35H41F3N4O9. The third kappa shape index (κ3) is 12.8. The number of fused-ring (bicyclic) bond motifs is 1. The Balaban J connectivity index is 1.78. The second-order valence-corrected chi connectivity index (χ2v) is 12.7. The first kappa shape index (κ1) is 40.0. The summed E-state index contributed by atoms with van der Waals surface area (Å²) in [5, 5.41) is 18.9. The number of alkyl halides is 3. The van der Waals surface area contributed by atoms with E-state index >= 15 is 0 Å². The highest BCUT2D eigenvalue weighted by Gasteiger charge is 2.34. The number of rotatable bonds is 16. The van der Waals surface area contributed by atoms with Crippen molar-refractivity contribution < 1.29 is 51.4 Å². The summed E-state index contributed by atoms with van der Waals surface area (Å²) in [4.78, 5) is 76.1. The first-order chi connectivity index (χ1) is 23.9. The van der Waals surface area contributed by atoms with Crippen LogP contribution in [0.1, 0.15) is 64.5 Å². The quantitative estimate of drug-likeness (QED) is 0.127. The number of hydrogen-bond donors (Lipinski definition) is 5. The predicted molar refractivity (Wildman–Crippen MR) is 179 cm³/mol. The van der Waals surface area contributed by atoms with Crippen molar-refractivity contribution in [1.82, 2.24) is 16.0 Å². The smallest absolute Gasteiger partial charge is 0.417 e. The van der Waals surface area contributed by atoms with Gasteiger partial charge in [-0.3, -0.25) is 19.2 Å². The summed E-state index contributed by atoms with van der Waals surface area (Å²) in [6.07, 6.45) is -6.35. The highest BCUT2D eigenvalue weighted by Crippen LogP contribution is 2.34. The second-order valence-electron chi connectivity index (χ2n) is 12.7. The van der Waals surface area contributed by atoms with E-state index in [1.54, 1.807) is 38.1 Å². The molecule has 0 bridgehead atoms. The Kier molecular flexibility index (Phi) is 14.1. The van der Waals surface area contributed by atoms with Gasteiger partial charge in [0.2, 0.25) is 17.7 Å². The second kappa shape index (κ2) is 18.0. The fraction of sp³-hybridized carbons (Fsp3) is 0.429. The van der Waals surface area contributed by atoms with Crippen molar-refractivity contribution in [3.05, 3.63) is 76.1 Å². The van der Waals surface area contributed by atoms with Gasteiger partial charge in [-0.1, -0.05) is 58.0 Å². The summed E-state index contributed by atoms with van der Waals surface area (Å²) >= 11 is 0. The summed E-state index contributed by atoms with van der Waals surface area (Å²) in [5.41, 5.74) is -2.33. The maximum absolute atomic E-state index is 13.6. The van der Waals surface area contributed by atoms with Gasteiger partial charge in [0.15, 0.2) is 0 Å². The average molecular weight is 719 g/mol. The Morgan fingerprint density at radius 3 is 1.96 bits per heavy atom. The number of amides is 4. The summed E-state index contributed by atoms with van der Waals surface area (Å²) in [6.45, 7) is 7.20. The third-order valence-electron chi connectivity index (χ3n) is 7.47. The summed E-state index contributed by atoms with van der Waals surface area (Å²) < 4.78 is 50.6. The molecule has 0 radical (unpaired) electrons. The summed E-state index contributed by atoms with van der Waals surface area (Å²) in [7, 11) is 0. The molecule has 3 atom stereocenters. The summed E-state index contributed by atoms with van der Waals surface area (Å²) in [5.74, 6) is -3.91. The normalized spacial score (nSPS) is 13.3. The number of anilines is 1. The molecule has 0 fully saturated rings. The third-order valence-corrected chi connectivity index (χ3v) is 7.47. The standard InChI is InChI=1S/C35H41F3N4O9/c1-19(2)14-26(41-33(48)27(15-20(3)4)42-34(49)50-18-21-8-6-5-7-9-21)32(47)40-25(12-13-29(43)44)31(46)39-22-10-11-23-24(35(36,37)38)17-30(45)51-28(23)16-22/h5-11,16-17,19-20,25-27H,12-15,18H2,1-4H3,(H,39,46)(H,40,47)(H,41,48)(H,42,49)(H,43,44)/t25-,26-,27-/m0/s1. The number of ether oxygens (including phenoxy) is 1. The van der Waals surface area contributed by atoms with Crippen LogP contribution < -0.4 is 26.9 Å². The molecule has 16 heteroatoms. The van der Waals surface area contributed by atoms with Crippen LogP contribution in [-0.4, -0.2) is 53.0 Å². The van der Waals surface area contributed by atoms with E-state index in [1.165, 1.54) is 0 Å². The highest BCUT2D eigenvalue weighted by molar-refractivity contribution is 6.00. The lowest BCUT2D eigenvalue weighted by atomic mass is 9.99. The van der Waals surface area contributed by atoms with Crippen molar-refractivity contribution in [1.29, 1.82) is 0 Å². The number of nitrogens with one attached hydrogen (secondary N) is 4. The van der Waals surface area contributed by atoms with E-state index in [9.17, 15) is 47.0 Å². The number of carboxylic acids is 1. The molecule has 0 saturated heterocycles. The minimum absolute atomic E-state index is 0.0386. The van der Waals surface area contributed by atoms with Gasteiger partial charge in [-0.05, 0) is 48.8 Å². The van der Waals surface area contributed by atoms with Crippen LogP contribution >= 0.6 is 0 Å². The zero-order valence-electron chi connectivity index (χ0n) is 28.5. The minimum Gasteiger partial charge on any atom is -0.481 e. The van der Waals surface area contributed by atoms with Crippen LogP contribution in [0.4, 0.5) is 23.7 Å². The molecule has 3 aromatic rings. The lowest BCUT2D eigenvalue weighted by molar-refractivity contribution is -0.138. The van der Waals surface area contributed by atoms with Gasteiger partial charge >= 0.3 is 23.9 Å². The zero-order chi connectivity index (χ0) is 37.9. The number of aliphatic carboxylic acids is 1. The molecule has 2 aromatic carbocycles. The Morgan fingerprint density at radius 1 is 0.804 bits per heavy atom. The SMILES string of the molecule is CC(C)C[C@H](NC(=O)OCc1ccccc1)C(=O)N[C@@H](CC(C)C)C(=O)N[C@@H](CCC(=O)O)C(=O)Nc1ccc2c(C(F)(F)F)cc(=O)oc2c1. The molecule has 0 aliphatic carbocycles. The molecule has 5 N–H and O–H groups in total. The molecule has 3 rings (SSSR count). The molecule has 0 aliphatic rings. The number of hydrogen-bond acceptors (Lipinski definition) is 8. The maximum Gasteiger partial charge on any atom is 0.417 e. The van der Waals surface area contributed by atoms with Crippen molar-refractivity contribution in [2.24, 2.45) is 11.8 Å². The van der Waals surface area contributed by atoms with E-state index in [0.717, 1.165) is 23.8 Å². The van der Waals surface area contributed by atoms with Gasteiger partial charge in [0, 0.05) is 29.6 Å². The van der Waals surface area contributed by atoms with Crippen LogP contribution in [0, 0.1) is 11.8 Å². The number of alkyl carbamates (subject to hydrolysis) is 1. The monoisotopic (exact) mass is 718 g/mol. The maximum atomic E-state index is 13.6. The van der Waals surface area contributed by atoms with Crippen molar-refractivity contribution >= 4 is 46.4 Å². The van der Waals surface area contributed by atoms with E-state index in [-0.39, 0.29) is 43.4 Å². The molecule has 51 heavy (non-hydrogen) atoms. The first-order valence-electron chi connectivity index (χ1n) is 16.2. The van der Waals surface area contributed by atoms with Gasteiger partial charge in [-0.25, -0.2) is 9.59 Å². The Labute approximate surface area is 291 Å². The summed E-state index contributed by atoms with van der Waals surface area (Å²) in [6, 6.07) is 8.54. The van der Waals surface area contributed by atoms with Crippen LogP contribution in [0.25, 0.3) is 11.0 Å². The average Bonchev–Trinajstić information content (AvgIpc) is 3.03. The van der Waals surface area contributed by atoms with Gasteiger partial charge in [0.1, 0.15) is 30.3 Å². The van der Waals surface area contributed by atoms with E-state index in [4.69, 9.17) is 9.15 Å². The van der Waals surface area contributed by atoms with Gasteiger partial charge in [0.05, 0.1) is 5.56 Å². The van der Waals surface area contributed by atoms with Crippen LogP contribution in [0.3, 0.4) is 0 Å². The van der Waals surface area contributed by atoms with E-state index in [0.29, 0.717) is 6.07 Å². The zero-order valence-corrected chi connectivity index (χ0v) is 28.5. The van der Waals surface area contributed by atoms with Gasteiger partial charge < -0.3 is 35.5 Å². The topological polar surface area (TPSA) is 193 Å². The molecular weight excluding hydrogens is 677 g/mol. The van der Waals surface area contributed by atoms with E-state index < -0.39 is 82.7 Å². The largest absolute Gasteiger partial charge is 0.481 e. The van der Waals surface area contributed by atoms with Crippen LogP contribution in [0.2, 0.25) is 0 Å². The lowest BCUT2D eigenvalue weighted by Gasteiger charge is -2.26. The van der Waals surface area contributed by atoms with Crippen molar-refractivity contribution in [2.75, 3.05) is 5.32 Å². The molecule has 0 spiro atoms. The predicted octanol–water partition coefficient (Wildman–Crippen LogP) is 4.97. The molecule has 276 valence electrons. The van der Waals surface area contributed by atoms with Crippen LogP contribution in [-0.2, 0) is 36.7 Å². The van der Waals surface area contributed by atoms with Crippen LogP contribution in [0.15, 0.2) is 63.8 Å². The van der Waals surface area contributed by atoms with Gasteiger partial charge in [0.25, 0.3) is 0 Å². The molecule has 13 nitrogen and oxygen atoms in total. The Hall–Kier alpha value is -5.41. The lowest BCUT2D eigenvalue weighted by Crippen LogP contribution is -2.56. The number of carbonyl (C=O) groups is 5. The van der Waals surface area contributed by atoms with E-state index in [1.807, 2.05) is 19.9 Å². The van der Waals surface area contributed by atoms with E-state index in [2.05, 4.69) is 21.3 Å². The van der Waals surface area contributed by atoms with Crippen molar-refractivity contribution in [2.45, 2.75) is 84.3 Å². The molecule has 0 unspecified atom stereocenters. The molecule has 4 amide bonds. The van der Waals surface area contributed by atoms with Gasteiger partial charge in [-0.2, -0.15) is 13.2 Å². The number of halogens is 3. The first-order valence-corrected chi connectivity index (χ1v) is 16.2. The molecule has 0 saturated carbocycles. The van der Waals surface area contributed by atoms with Crippen molar-refractivity contribution in [3.8, 4) is 0 Å². The fourth-order valence-electron chi connectivity index (χ4n) is 5.10. The highest BCUT2D eigenvalue weighted by atomic mass is 19.4. The number of carboxylic acid groups (broad SMARTS) is 1. The number of benzene rings is 2. The van der Waals surface area contributed by atoms with Gasteiger partial charge in [-0.15, -0.1) is 0 Å². The Bertz CT molecular complexity index is 1760. The molecule has 1 heterocycles. The van der Waals surface area contributed by atoms with Crippen LogP contribution in [0.5, 0.6) is 0 Å². The minimum atomic E-state index is -4.86. The molecule has 0 aliphatic heterocycles. The van der Waals surface area contributed by atoms with Crippen molar-refractivity contribution in [3.63, 3.8) is 0 Å². The fourth-order valence-corrected chi connectivity index (χ4v) is 5.10. The molecule has 1 aromatic heterocycles. The number of carbonyl (C=O) groups excluding carboxylic acids is 4. The Morgan fingerprint density at radius 2 is 1.39 bits per heavy atom.